The average Bonchev–Trinajstić information content (AvgIpc) is 2.13. The molecule has 3 nitrogen and oxygen atoms in total. The molecule has 1 heterocycles. The number of carbonyl (C=O) groups is 1. The Morgan fingerprint density at radius 3 is 2.90 bits per heavy atom. The first-order valence-electron chi connectivity index (χ1n) is 2.49. The summed E-state index contributed by atoms with van der Waals surface area (Å²) >= 11 is 4.66. The lowest BCUT2D eigenvalue weighted by Gasteiger charge is -1.92. The maximum Gasteiger partial charge on any atom is 0.317 e. The lowest BCUT2D eigenvalue weighted by molar-refractivity contribution is 0.259. The lowest BCUT2D eigenvalue weighted by atomic mass is 10.6. The second-order valence-electron chi connectivity index (χ2n) is 1.62. The minimum Gasteiger partial charge on any atom is -0.351 e. The van der Waals surface area contributed by atoms with Crippen molar-refractivity contribution < 1.29 is 4.79 Å². The lowest BCUT2D eigenvalue weighted by Crippen LogP contribution is -2.18. The molecule has 5 heteroatoms. The molecule has 0 fully saturated rings. The van der Waals surface area contributed by atoms with Gasteiger partial charge in [0.05, 0.1) is 5.00 Å². The van der Waals surface area contributed by atoms with Gasteiger partial charge in [-0.05, 0) is 22.0 Å². The van der Waals surface area contributed by atoms with E-state index in [2.05, 4.69) is 21.2 Å². The van der Waals surface area contributed by atoms with Crippen LogP contribution in [0.25, 0.3) is 0 Å². The summed E-state index contributed by atoms with van der Waals surface area (Å²) in [7, 11) is 0. The predicted octanol–water partition coefficient (Wildman–Crippen LogP) is 2.00. The summed E-state index contributed by atoms with van der Waals surface area (Å²) in [6.45, 7) is 0. The highest BCUT2D eigenvalue weighted by molar-refractivity contribution is 9.10. The van der Waals surface area contributed by atoms with Crippen LogP contribution in [-0.4, -0.2) is 6.03 Å². The highest BCUT2D eigenvalue weighted by atomic mass is 79.9. The maximum atomic E-state index is 10.3. The second-order valence-corrected chi connectivity index (χ2v) is 3.45. The van der Waals surface area contributed by atoms with E-state index in [0.29, 0.717) is 0 Å². The average molecular weight is 221 g/mol. The van der Waals surface area contributed by atoms with E-state index in [1.54, 1.807) is 6.07 Å². The van der Waals surface area contributed by atoms with Crippen molar-refractivity contribution in [3.8, 4) is 0 Å². The molecule has 10 heavy (non-hydrogen) atoms. The van der Waals surface area contributed by atoms with Crippen molar-refractivity contribution in [3.63, 3.8) is 0 Å². The number of nitrogens with one attached hydrogen (secondary N) is 1. The van der Waals surface area contributed by atoms with Gasteiger partial charge in [0.1, 0.15) is 0 Å². The first-order valence-corrected chi connectivity index (χ1v) is 4.16. The molecule has 0 bridgehead atoms. The molecule has 1 rings (SSSR count). The number of rotatable bonds is 1. The van der Waals surface area contributed by atoms with Gasteiger partial charge < -0.3 is 5.73 Å². The van der Waals surface area contributed by atoms with Gasteiger partial charge in [-0.25, -0.2) is 4.79 Å². The van der Waals surface area contributed by atoms with Crippen molar-refractivity contribution in [1.82, 2.24) is 0 Å². The molecular weight excluding hydrogens is 216 g/mol. The third-order valence-electron chi connectivity index (χ3n) is 0.814. The van der Waals surface area contributed by atoms with Gasteiger partial charge in [-0.2, -0.15) is 0 Å². The van der Waals surface area contributed by atoms with E-state index in [4.69, 9.17) is 5.73 Å². The number of carbonyl (C=O) groups excluding carboxylic acids is 1. The monoisotopic (exact) mass is 220 g/mol. The number of hydrogen-bond acceptors (Lipinski definition) is 2. The predicted molar refractivity (Wildman–Crippen MR) is 45.2 cm³/mol. The largest absolute Gasteiger partial charge is 0.351 e. The molecular formula is C5H5BrN2OS. The van der Waals surface area contributed by atoms with Gasteiger partial charge >= 0.3 is 6.03 Å². The van der Waals surface area contributed by atoms with E-state index in [0.717, 1.165) is 9.47 Å². The van der Waals surface area contributed by atoms with Crippen molar-refractivity contribution in [3.05, 3.63) is 15.9 Å². The zero-order chi connectivity index (χ0) is 7.56. The smallest absolute Gasteiger partial charge is 0.317 e. The van der Waals surface area contributed by atoms with Crippen molar-refractivity contribution in [2.24, 2.45) is 5.73 Å². The summed E-state index contributed by atoms with van der Waals surface area (Å²) in [4.78, 5) is 10.3. The fourth-order valence-electron chi connectivity index (χ4n) is 0.500. The van der Waals surface area contributed by atoms with Gasteiger partial charge in [0.15, 0.2) is 0 Å². The van der Waals surface area contributed by atoms with Crippen LogP contribution in [0.2, 0.25) is 0 Å². The van der Waals surface area contributed by atoms with E-state index in [1.165, 1.54) is 11.3 Å². The standard InChI is InChI=1S/C5H5BrN2OS/c6-3-1-4(10-2-3)8-5(7)9/h1-2H,(H3,7,8,9). The number of hydrogen-bond donors (Lipinski definition) is 2. The third-order valence-corrected chi connectivity index (χ3v) is 2.42. The van der Waals surface area contributed by atoms with Crippen LogP contribution in [0, 0.1) is 0 Å². The Hall–Kier alpha value is -0.550. The third kappa shape index (κ3) is 2.00. The molecule has 3 N–H and O–H groups in total. The van der Waals surface area contributed by atoms with Crippen LogP contribution in [0.3, 0.4) is 0 Å². The molecule has 0 spiro atoms. The number of anilines is 1. The Bertz CT molecular complexity index is 248. The van der Waals surface area contributed by atoms with Gasteiger partial charge in [-0.3, -0.25) is 5.32 Å². The molecule has 1 aromatic heterocycles. The molecule has 0 atom stereocenters. The van der Waals surface area contributed by atoms with E-state index in [1.807, 2.05) is 5.38 Å². The zero-order valence-electron chi connectivity index (χ0n) is 4.93. The molecule has 0 aliphatic rings. The molecule has 0 radical (unpaired) electrons. The summed E-state index contributed by atoms with van der Waals surface area (Å²) in [5.41, 5.74) is 4.88. The molecule has 54 valence electrons. The molecule has 0 saturated heterocycles. The minimum absolute atomic E-state index is 0.533. The summed E-state index contributed by atoms with van der Waals surface area (Å²) in [5.74, 6) is 0. The summed E-state index contributed by atoms with van der Waals surface area (Å²) < 4.78 is 0.946. The topological polar surface area (TPSA) is 55.1 Å². The van der Waals surface area contributed by atoms with Crippen molar-refractivity contribution in [1.29, 1.82) is 0 Å². The van der Waals surface area contributed by atoms with Crippen molar-refractivity contribution in [2.45, 2.75) is 0 Å². The van der Waals surface area contributed by atoms with Gasteiger partial charge in [0, 0.05) is 9.85 Å². The van der Waals surface area contributed by atoms with E-state index < -0.39 is 6.03 Å². The summed E-state index contributed by atoms with van der Waals surface area (Å²) in [6.07, 6.45) is 0. The summed E-state index contributed by atoms with van der Waals surface area (Å²) in [6, 6.07) is 1.25. The van der Waals surface area contributed by atoms with Crippen LogP contribution in [0.4, 0.5) is 9.80 Å². The highest BCUT2D eigenvalue weighted by Gasteiger charge is 1.97. The SMILES string of the molecule is NC(=O)Nc1cc(Br)cs1. The van der Waals surface area contributed by atoms with Gasteiger partial charge in [-0.15, -0.1) is 11.3 Å². The Morgan fingerprint density at radius 1 is 1.80 bits per heavy atom. The Balaban J connectivity index is 2.67. The zero-order valence-corrected chi connectivity index (χ0v) is 7.33. The minimum atomic E-state index is -0.533. The van der Waals surface area contributed by atoms with E-state index in [9.17, 15) is 4.79 Å². The van der Waals surface area contributed by atoms with Crippen LogP contribution in [0.15, 0.2) is 15.9 Å². The molecule has 2 amide bonds. The quantitative estimate of drug-likeness (QED) is 0.748. The van der Waals surface area contributed by atoms with Crippen LogP contribution >= 0.6 is 27.3 Å². The van der Waals surface area contributed by atoms with Gasteiger partial charge in [0.25, 0.3) is 0 Å². The number of primary amides is 1. The van der Waals surface area contributed by atoms with Crippen LogP contribution in [-0.2, 0) is 0 Å². The summed E-state index contributed by atoms with van der Waals surface area (Å²) in [5, 5.41) is 5.07. The van der Waals surface area contributed by atoms with Crippen LogP contribution in [0.5, 0.6) is 0 Å². The van der Waals surface area contributed by atoms with Gasteiger partial charge in [0.2, 0.25) is 0 Å². The number of nitrogens with two attached hydrogens (primary N) is 1. The number of thiophene rings is 1. The fourth-order valence-corrected chi connectivity index (χ4v) is 1.82. The van der Waals surface area contributed by atoms with Crippen molar-refractivity contribution >= 4 is 38.3 Å². The Morgan fingerprint density at radius 2 is 2.50 bits per heavy atom. The first-order chi connectivity index (χ1) is 4.68. The first kappa shape index (κ1) is 7.56. The van der Waals surface area contributed by atoms with E-state index in [-0.39, 0.29) is 0 Å². The molecule has 0 saturated carbocycles. The normalized spacial score (nSPS) is 9.30. The number of amides is 2. The van der Waals surface area contributed by atoms with Crippen molar-refractivity contribution in [2.75, 3.05) is 5.32 Å². The van der Waals surface area contributed by atoms with Gasteiger partial charge in [-0.1, -0.05) is 0 Å². The molecule has 1 aromatic rings. The van der Waals surface area contributed by atoms with Crippen LogP contribution in [0.1, 0.15) is 0 Å². The van der Waals surface area contributed by atoms with Crippen LogP contribution < -0.4 is 11.1 Å². The Kier molecular flexibility index (Phi) is 2.29. The number of urea groups is 1. The molecule has 0 unspecified atom stereocenters. The highest BCUT2D eigenvalue weighted by Crippen LogP contribution is 2.23. The number of halogens is 1. The molecule has 0 aliphatic heterocycles. The Labute approximate surface area is 70.4 Å². The second kappa shape index (κ2) is 3.03. The maximum absolute atomic E-state index is 10.3. The molecule has 0 aromatic carbocycles. The fraction of sp³-hybridized carbons (Fsp3) is 0. The molecule has 0 aliphatic carbocycles. The van der Waals surface area contributed by atoms with E-state index >= 15 is 0 Å².